The van der Waals surface area contributed by atoms with E-state index >= 15 is 0 Å². The van der Waals surface area contributed by atoms with Crippen molar-refractivity contribution >= 4 is 17.7 Å². The number of benzene rings is 1. The normalized spacial score (nSPS) is 28.9. The van der Waals surface area contributed by atoms with Crippen LogP contribution in [0.25, 0.3) is 0 Å². The first-order chi connectivity index (χ1) is 9.79. The van der Waals surface area contributed by atoms with Crippen molar-refractivity contribution < 1.29 is 9.53 Å². The lowest BCUT2D eigenvalue weighted by molar-refractivity contribution is -0.126. The van der Waals surface area contributed by atoms with E-state index in [9.17, 15) is 4.79 Å². The van der Waals surface area contributed by atoms with Gasteiger partial charge in [0.1, 0.15) is 0 Å². The quantitative estimate of drug-likeness (QED) is 0.888. The SMILES string of the molecule is CNC1COCC1C(=O)NC1CCSc2ccccc21. The molecule has 20 heavy (non-hydrogen) atoms. The molecule has 1 saturated heterocycles. The average molecular weight is 292 g/mol. The lowest BCUT2D eigenvalue weighted by atomic mass is 9.99. The van der Waals surface area contributed by atoms with Crippen LogP contribution in [0.4, 0.5) is 0 Å². The fourth-order valence-electron chi connectivity index (χ4n) is 2.87. The Morgan fingerprint density at radius 2 is 2.20 bits per heavy atom. The van der Waals surface area contributed by atoms with Gasteiger partial charge in [0.25, 0.3) is 0 Å². The summed E-state index contributed by atoms with van der Waals surface area (Å²) < 4.78 is 5.41. The van der Waals surface area contributed by atoms with Gasteiger partial charge in [-0.2, -0.15) is 0 Å². The molecule has 3 rings (SSSR count). The summed E-state index contributed by atoms with van der Waals surface area (Å²) >= 11 is 1.87. The molecule has 2 aliphatic rings. The van der Waals surface area contributed by atoms with Crippen molar-refractivity contribution in [3.8, 4) is 0 Å². The number of fused-ring (bicyclic) bond motifs is 1. The van der Waals surface area contributed by atoms with Crippen molar-refractivity contribution in [2.45, 2.75) is 23.4 Å². The molecule has 1 aromatic carbocycles. The molecule has 0 spiro atoms. The van der Waals surface area contributed by atoms with E-state index in [1.807, 2.05) is 24.9 Å². The number of thioether (sulfide) groups is 1. The number of carbonyl (C=O) groups is 1. The van der Waals surface area contributed by atoms with E-state index in [0.29, 0.717) is 13.2 Å². The van der Waals surface area contributed by atoms with E-state index in [1.165, 1.54) is 10.5 Å². The molecular weight excluding hydrogens is 272 g/mol. The summed E-state index contributed by atoms with van der Waals surface area (Å²) in [6, 6.07) is 8.61. The summed E-state index contributed by atoms with van der Waals surface area (Å²) in [5.41, 5.74) is 1.25. The van der Waals surface area contributed by atoms with E-state index in [4.69, 9.17) is 4.74 Å². The number of ether oxygens (including phenoxy) is 1. The minimum Gasteiger partial charge on any atom is -0.379 e. The highest BCUT2D eigenvalue weighted by Crippen LogP contribution is 2.36. The molecule has 1 fully saturated rings. The van der Waals surface area contributed by atoms with Crippen LogP contribution < -0.4 is 10.6 Å². The van der Waals surface area contributed by atoms with Crippen LogP contribution in [0.15, 0.2) is 29.2 Å². The summed E-state index contributed by atoms with van der Waals surface area (Å²) in [5.74, 6) is 1.08. The second-order valence-electron chi connectivity index (χ2n) is 5.28. The Kier molecular flexibility index (Phi) is 4.29. The molecule has 0 bridgehead atoms. The number of rotatable bonds is 3. The smallest absolute Gasteiger partial charge is 0.227 e. The Labute approximate surface area is 123 Å². The molecule has 2 N–H and O–H groups in total. The third kappa shape index (κ3) is 2.71. The van der Waals surface area contributed by atoms with Gasteiger partial charge in [0.05, 0.1) is 25.2 Å². The second kappa shape index (κ2) is 6.16. The number of nitrogens with one attached hydrogen (secondary N) is 2. The summed E-state index contributed by atoms with van der Waals surface area (Å²) in [6.45, 7) is 1.13. The number of amides is 1. The van der Waals surface area contributed by atoms with Crippen molar-refractivity contribution in [2.75, 3.05) is 26.0 Å². The van der Waals surface area contributed by atoms with E-state index in [1.54, 1.807) is 0 Å². The van der Waals surface area contributed by atoms with Gasteiger partial charge >= 0.3 is 0 Å². The number of hydrogen-bond donors (Lipinski definition) is 2. The maximum absolute atomic E-state index is 12.5. The molecule has 2 aliphatic heterocycles. The van der Waals surface area contributed by atoms with Crippen molar-refractivity contribution in [1.82, 2.24) is 10.6 Å². The minimum atomic E-state index is -0.0817. The first-order valence-corrected chi connectivity index (χ1v) is 8.05. The highest BCUT2D eigenvalue weighted by Gasteiger charge is 2.34. The van der Waals surface area contributed by atoms with Gasteiger partial charge in [-0.25, -0.2) is 0 Å². The lowest BCUT2D eigenvalue weighted by Crippen LogP contribution is -2.44. The third-order valence-corrected chi connectivity index (χ3v) is 5.19. The number of carbonyl (C=O) groups excluding carboxylic acids is 1. The molecule has 3 atom stereocenters. The topological polar surface area (TPSA) is 50.4 Å². The predicted molar refractivity (Wildman–Crippen MR) is 79.8 cm³/mol. The van der Waals surface area contributed by atoms with Gasteiger partial charge < -0.3 is 15.4 Å². The molecule has 108 valence electrons. The molecule has 3 unspecified atom stereocenters. The van der Waals surface area contributed by atoms with Crippen LogP contribution in [-0.2, 0) is 9.53 Å². The lowest BCUT2D eigenvalue weighted by Gasteiger charge is -2.27. The molecule has 2 heterocycles. The van der Waals surface area contributed by atoms with Crippen LogP contribution in [0, 0.1) is 5.92 Å². The van der Waals surface area contributed by atoms with Crippen molar-refractivity contribution in [3.63, 3.8) is 0 Å². The zero-order valence-corrected chi connectivity index (χ0v) is 12.4. The fraction of sp³-hybridized carbons (Fsp3) is 0.533. The Bertz CT molecular complexity index is 495. The third-order valence-electron chi connectivity index (χ3n) is 4.06. The zero-order valence-electron chi connectivity index (χ0n) is 11.6. The van der Waals surface area contributed by atoms with Gasteiger partial charge in [-0.3, -0.25) is 4.79 Å². The Hall–Kier alpha value is -1.04. The highest BCUT2D eigenvalue weighted by atomic mass is 32.2. The van der Waals surface area contributed by atoms with Crippen molar-refractivity contribution in [2.24, 2.45) is 5.92 Å². The maximum atomic E-state index is 12.5. The zero-order chi connectivity index (χ0) is 13.9. The summed E-state index contributed by atoms with van der Waals surface area (Å²) in [5, 5.41) is 6.37. The van der Waals surface area contributed by atoms with Crippen LogP contribution in [0.5, 0.6) is 0 Å². The van der Waals surface area contributed by atoms with Crippen molar-refractivity contribution in [1.29, 1.82) is 0 Å². The largest absolute Gasteiger partial charge is 0.379 e. The highest BCUT2D eigenvalue weighted by molar-refractivity contribution is 7.99. The molecule has 0 aromatic heterocycles. The van der Waals surface area contributed by atoms with E-state index in [0.717, 1.165) is 12.2 Å². The first-order valence-electron chi connectivity index (χ1n) is 7.06. The van der Waals surface area contributed by atoms with Gasteiger partial charge in [-0.05, 0) is 25.1 Å². The van der Waals surface area contributed by atoms with Gasteiger partial charge in [0.15, 0.2) is 0 Å². The van der Waals surface area contributed by atoms with Gasteiger partial charge in [0, 0.05) is 16.7 Å². The monoisotopic (exact) mass is 292 g/mol. The molecule has 0 radical (unpaired) electrons. The molecular formula is C15H20N2O2S. The molecule has 1 aromatic rings. The summed E-state index contributed by atoms with van der Waals surface area (Å²) in [6.07, 6.45) is 0.991. The van der Waals surface area contributed by atoms with Crippen LogP contribution in [0.3, 0.4) is 0 Å². The number of hydrogen-bond acceptors (Lipinski definition) is 4. The standard InChI is InChI=1S/C15H20N2O2S/c1-16-13-9-19-8-11(13)15(18)17-12-6-7-20-14-5-3-2-4-10(12)14/h2-5,11-13,16H,6-9H2,1H3,(H,17,18). The van der Waals surface area contributed by atoms with Crippen LogP contribution in [-0.4, -0.2) is 38.0 Å². The second-order valence-corrected chi connectivity index (χ2v) is 6.41. The molecule has 0 saturated carbocycles. The molecule has 4 nitrogen and oxygen atoms in total. The maximum Gasteiger partial charge on any atom is 0.227 e. The van der Waals surface area contributed by atoms with Gasteiger partial charge in [0.2, 0.25) is 5.91 Å². The van der Waals surface area contributed by atoms with Crippen LogP contribution in [0.2, 0.25) is 0 Å². The first kappa shape index (κ1) is 13.9. The Balaban J connectivity index is 1.71. The summed E-state index contributed by atoms with van der Waals surface area (Å²) in [4.78, 5) is 13.7. The summed E-state index contributed by atoms with van der Waals surface area (Å²) in [7, 11) is 1.88. The van der Waals surface area contributed by atoms with E-state index in [-0.39, 0.29) is 23.9 Å². The predicted octanol–water partition coefficient (Wildman–Crippen LogP) is 1.57. The van der Waals surface area contributed by atoms with E-state index < -0.39 is 0 Å². The minimum absolute atomic E-state index is 0.0817. The Morgan fingerprint density at radius 1 is 1.35 bits per heavy atom. The van der Waals surface area contributed by atoms with E-state index in [2.05, 4.69) is 28.8 Å². The fourth-order valence-corrected chi connectivity index (χ4v) is 3.99. The van der Waals surface area contributed by atoms with Gasteiger partial charge in [-0.1, -0.05) is 18.2 Å². The Morgan fingerprint density at radius 3 is 3.05 bits per heavy atom. The number of likely N-dealkylation sites (N-methyl/N-ethyl adjacent to an activating group) is 1. The molecule has 5 heteroatoms. The van der Waals surface area contributed by atoms with Crippen LogP contribution in [0.1, 0.15) is 18.0 Å². The van der Waals surface area contributed by atoms with Crippen molar-refractivity contribution in [3.05, 3.63) is 29.8 Å². The van der Waals surface area contributed by atoms with Gasteiger partial charge in [-0.15, -0.1) is 11.8 Å². The molecule has 0 aliphatic carbocycles. The molecule has 1 amide bonds. The average Bonchev–Trinajstić information content (AvgIpc) is 2.96. The van der Waals surface area contributed by atoms with Crippen LogP contribution >= 0.6 is 11.8 Å².